The molecule has 0 aliphatic carbocycles. The zero-order valence-electron chi connectivity index (χ0n) is 66.1. The molecular formula is C89H138Br2N4O4S4. The van der Waals surface area contributed by atoms with Gasteiger partial charge in [0, 0.05) is 26.2 Å². The predicted octanol–water partition coefficient (Wildman–Crippen LogP) is 28.0. The maximum atomic E-state index is 14.6. The molecule has 576 valence electrons. The zero-order chi connectivity index (χ0) is 74.2. The van der Waals surface area contributed by atoms with Gasteiger partial charge in [-0.1, -0.05) is 284 Å². The molecule has 0 radical (unpaired) electrons. The topological polar surface area (TPSA) is 81.2 Å². The van der Waals surface area contributed by atoms with Gasteiger partial charge in [0.2, 0.25) is 0 Å². The van der Waals surface area contributed by atoms with Crippen LogP contribution in [-0.4, -0.2) is 69.4 Å². The Morgan fingerprint density at radius 3 is 0.670 bits per heavy atom. The summed E-state index contributed by atoms with van der Waals surface area (Å²) in [6.07, 6.45) is 34.5. The van der Waals surface area contributed by atoms with Crippen molar-refractivity contribution in [3.63, 3.8) is 0 Å². The third kappa shape index (κ3) is 27.0. The Hall–Kier alpha value is -3.40. The van der Waals surface area contributed by atoms with Crippen molar-refractivity contribution in [3.8, 4) is 0 Å². The van der Waals surface area contributed by atoms with Gasteiger partial charge in [-0.15, -0.1) is 45.3 Å². The van der Waals surface area contributed by atoms with Crippen LogP contribution in [0.4, 0.5) is 0 Å². The number of halogens is 2. The summed E-state index contributed by atoms with van der Waals surface area (Å²) in [5, 5.41) is 4.12. The number of carbonyl (C=O) groups is 4. The summed E-state index contributed by atoms with van der Waals surface area (Å²) >= 11 is 13.8. The Labute approximate surface area is 660 Å². The number of hydrogen-bond acceptors (Lipinski definition) is 8. The van der Waals surface area contributed by atoms with Crippen LogP contribution in [0.15, 0.2) is 89.2 Å². The van der Waals surface area contributed by atoms with Gasteiger partial charge in [-0.25, -0.2) is 0 Å². The number of thiophene rings is 4. The lowest BCUT2D eigenvalue weighted by Gasteiger charge is -2.26. The van der Waals surface area contributed by atoms with Gasteiger partial charge in [0.25, 0.3) is 23.6 Å². The third-order valence-electron chi connectivity index (χ3n) is 22.4. The normalized spacial score (nSPS) is 17.3. The zero-order valence-corrected chi connectivity index (χ0v) is 72.6. The average Bonchev–Trinajstić information content (AvgIpc) is 1.57. The van der Waals surface area contributed by atoms with E-state index in [4.69, 9.17) is 0 Å². The predicted molar refractivity (Wildman–Crippen MR) is 456 cm³/mol. The van der Waals surface area contributed by atoms with Gasteiger partial charge in [0.1, 0.15) is 0 Å². The Balaban J connectivity index is 0.000000321. The van der Waals surface area contributed by atoms with Crippen LogP contribution in [-0.2, 0) is 19.2 Å². The van der Waals surface area contributed by atoms with E-state index in [1.165, 1.54) is 154 Å². The summed E-state index contributed by atoms with van der Waals surface area (Å²) in [6, 6.07) is 16.4. The summed E-state index contributed by atoms with van der Waals surface area (Å²) in [7, 11) is 0. The minimum Gasteiger partial charge on any atom is -0.306 e. The van der Waals surface area contributed by atoms with Gasteiger partial charge in [0.15, 0.2) is 0 Å². The van der Waals surface area contributed by atoms with Gasteiger partial charge in [0.05, 0.1) is 72.2 Å². The summed E-state index contributed by atoms with van der Waals surface area (Å²) < 4.78 is 2.01. The molecule has 4 aromatic heterocycles. The first-order chi connectivity index (χ1) is 48.7. The molecule has 8 rings (SSSR count). The maximum absolute atomic E-state index is 14.6. The van der Waals surface area contributed by atoms with Crippen molar-refractivity contribution in [2.24, 2.45) is 71.0 Å². The van der Waals surface area contributed by atoms with Gasteiger partial charge < -0.3 is 19.6 Å². The minimum absolute atomic E-state index is 0. The first kappa shape index (κ1) is 88.5. The monoisotopic (exact) mass is 1610 g/mol. The van der Waals surface area contributed by atoms with Crippen LogP contribution in [0.1, 0.15) is 317 Å². The number of carbonyl (C=O) groups excluding carboxylic acids is 4. The van der Waals surface area contributed by atoms with E-state index in [-0.39, 0.29) is 31.1 Å². The second-order valence-corrected chi connectivity index (χ2v) is 40.7. The van der Waals surface area contributed by atoms with Crippen LogP contribution in [0.5, 0.6) is 0 Å². The molecule has 0 spiro atoms. The summed E-state index contributed by atoms with van der Waals surface area (Å²) in [6.45, 7) is 40.0. The highest BCUT2D eigenvalue weighted by molar-refractivity contribution is 9.11. The molecule has 0 aromatic carbocycles. The van der Waals surface area contributed by atoms with E-state index in [0.29, 0.717) is 72.1 Å². The van der Waals surface area contributed by atoms with E-state index in [2.05, 4.69) is 178 Å². The Bertz CT molecular complexity index is 3130. The molecule has 8 atom stereocenters. The molecule has 103 heavy (non-hydrogen) atoms. The van der Waals surface area contributed by atoms with Gasteiger partial charge >= 0.3 is 0 Å². The molecule has 0 saturated heterocycles. The SMILES string of the molecule is C.CC(C)CCCC(C)CCCC(C)CCN1C(=O)C2=C(c3ccc(Br)s3)N(CCC(C)CCCC(C)CCCC(C)C)C(=O)C2=C1c1ccc(Br)s1.CC(C)CCCC(C)CCCC(C)CCN1C(=O)C2=C(c3cccs3)N(CCC(C)CCCC(C)CCCC(C)C)C(=O)C2=C1c1cccs1. The maximum Gasteiger partial charge on any atom is 0.261 e. The van der Waals surface area contributed by atoms with Gasteiger partial charge in [-0.05, 0) is 176 Å². The van der Waals surface area contributed by atoms with Gasteiger partial charge in [-0.2, -0.15) is 0 Å². The minimum atomic E-state index is -0.0182. The molecule has 0 N–H and O–H groups in total. The van der Waals surface area contributed by atoms with E-state index in [0.717, 1.165) is 123 Å². The van der Waals surface area contributed by atoms with Crippen molar-refractivity contribution < 1.29 is 19.2 Å². The molecule has 14 heteroatoms. The fourth-order valence-corrected chi connectivity index (χ4v) is 20.2. The summed E-state index contributed by atoms with van der Waals surface area (Å²) in [5.41, 5.74) is 5.76. The van der Waals surface area contributed by atoms with E-state index in [9.17, 15) is 19.2 Å². The molecule has 8 nitrogen and oxygen atoms in total. The number of amides is 4. The fraction of sp³-hybridized carbons (Fsp3) is 0.685. The van der Waals surface area contributed by atoms with Crippen molar-refractivity contribution in [1.29, 1.82) is 0 Å². The van der Waals surface area contributed by atoms with Crippen molar-refractivity contribution in [3.05, 3.63) is 109 Å². The molecule has 0 fully saturated rings. The van der Waals surface area contributed by atoms with Crippen LogP contribution >= 0.6 is 77.2 Å². The van der Waals surface area contributed by atoms with Crippen LogP contribution in [0.25, 0.3) is 22.8 Å². The fourth-order valence-electron chi connectivity index (χ4n) is 15.7. The van der Waals surface area contributed by atoms with Crippen LogP contribution < -0.4 is 0 Å². The van der Waals surface area contributed by atoms with Gasteiger partial charge in [-0.3, -0.25) is 19.2 Å². The highest BCUT2D eigenvalue weighted by Gasteiger charge is 2.51. The Morgan fingerprint density at radius 2 is 0.485 bits per heavy atom. The highest BCUT2D eigenvalue weighted by Crippen LogP contribution is 2.51. The molecular weight excluding hydrogens is 1480 g/mol. The first-order valence-corrected chi connectivity index (χ1v) is 45.6. The third-order valence-corrected chi connectivity index (χ3v) is 27.4. The summed E-state index contributed by atoms with van der Waals surface area (Å²) in [4.78, 5) is 69.9. The van der Waals surface area contributed by atoms with E-state index in [1.807, 2.05) is 43.9 Å². The van der Waals surface area contributed by atoms with E-state index >= 15 is 0 Å². The molecule has 0 saturated carbocycles. The highest BCUT2D eigenvalue weighted by atomic mass is 79.9. The largest absolute Gasteiger partial charge is 0.306 e. The second-order valence-electron chi connectivity index (χ2n) is 33.9. The number of nitrogens with zero attached hydrogens (tertiary/aromatic N) is 4. The van der Waals surface area contributed by atoms with Crippen LogP contribution in [0.3, 0.4) is 0 Å². The molecule has 4 aliphatic heterocycles. The Kier molecular flexibility index (Phi) is 38.6. The number of hydrogen-bond donors (Lipinski definition) is 0. The lowest BCUT2D eigenvalue weighted by molar-refractivity contribution is -0.124. The second kappa shape index (κ2) is 44.9. The number of rotatable bonds is 48. The molecule has 4 aromatic rings. The van der Waals surface area contributed by atoms with E-state index in [1.54, 1.807) is 45.3 Å². The molecule has 4 amide bonds. The lowest BCUT2D eigenvalue weighted by Crippen LogP contribution is -2.31. The smallest absolute Gasteiger partial charge is 0.261 e. The van der Waals surface area contributed by atoms with Crippen molar-refractivity contribution in [1.82, 2.24) is 19.6 Å². The molecule has 8 unspecified atom stereocenters. The van der Waals surface area contributed by atoms with Crippen LogP contribution in [0.2, 0.25) is 0 Å². The average molecular weight is 1620 g/mol. The quantitative estimate of drug-likeness (QED) is 0.0441. The standard InChI is InChI=1S/C44H66Br2N2O2S2.C44H68N2O2S2.CH4/c1-29(2)13-9-15-31(5)17-11-19-33(7)25-27-47-41(35-21-23-37(45)51-35)39-40(43(47)49)42(36-22-24-38(46)52-36)48(44(39)50)28-26-34(8)20-12-18-32(6)16-10-14-30(3)4;1-31(2)15-9-17-33(5)19-11-21-35(7)25-27-45-41(37-23-13-29-49-37)39-40(43(45)47)42(38-24-14-30-50-38)46(44(39)48)28-26-36(8)22-12-20-34(6)18-10-16-32(3)4;/h21-24,29-34H,9-20,25-28H2,1-8H3;13-14,23-24,29-36H,9-12,15-22,25-28H2,1-8H3;1H4. The van der Waals surface area contributed by atoms with Crippen molar-refractivity contribution >= 4 is 124 Å². The number of fused-ring (bicyclic) bond motifs is 2. The molecule has 0 bridgehead atoms. The first-order valence-electron chi connectivity index (χ1n) is 40.6. The van der Waals surface area contributed by atoms with Crippen molar-refractivity contribution in [2.45, 2.75) is 298 Å². The molecule has 8 heterocycles. The summed E-state index contributed by atoms with van der Waals surface area (Å²) in [5.74, 6) is 8.32. The molecule has 4 aliphatic rings. The van der Waals surface area contributed by atoms with Crippen molar-refractivity contribution in [2.75, 3.05) is 26.2 Å². The van der Waals surface area contributed by atoms with E-state index < -0.39 is 0 Å². The van der Waals surface area contributed by atoms with Crippen LogP contribution in [0, 0.1) is 71.0 Å². The lowest BCUT2D eigenvalue weighted by atomic mass is 9.92. The Morgan fingerprint density at radius 1 is 0.282 bits per heavy atom.